The summed E-state index contributed by atoms with van der Waals surface area (Å²) in [5, 5.41) is 21.4. The number of hydrogen-bond acceptors (Lipinski definition) is 4. The number of unbranched alkanes of at least 4 members (excludes halogenated alkanes) is 1. The number of β-amino-alcohol motifs (C(OH)–C–C–N with tert-alkyl or cyclic N) is 1. The third kappa shape index (κ3) is 6.14. The Labute approximate surface area is 111 Å². The number of aliphatic hydroxyl groups excluding tert-OH is 2. The second-order valence-corrected chi connectivity index (χ2v) is 5.46. The van der Waals surface area contributed by atoms with E-state index < -0.39 is 0 Å². The summed E-state index contributed by atoms with van der Waals surface area (Å²) in [6.07, 6.45) is 5.94. The lowest BCUT2D eigenvalue weighted by atomic mass is 9.90. The van der Waals surface area contributed by atoms with E-state index in [-0.39, 0.29) is 13.2 Å². The minimum absolute atomic E-state index is 0.254. The first kappa shape index (κ1) is 15.9. The summed E-state index contributed by atoms with van der Waals surface area (Å²) >= 11 is 0. The van der Waals surface area contributed by atoms with Crippen molar-refractivity contribution in [3.05, 3.63) is 0 Å². The highest BCUT2D eigenvalue weighted by atomic mass is 16.3. The molecular weight excluding hydrogens is 228 g/mol. The molecular formula is C14H30N2O2. The largest absolute Gasteiger partial charge is 0.396 e. The number of nitrogens with one attached hydrogen (secondary N) is 1. The van der Waals surface area contributed by atoms with Crippen molar-refractivity contribution in [2.24, 2.45) is 5.92 Å². The highest BCUT2D eigenvalue weighted by Gasteiger charge is 2.25. The fraction of sp³-hybridized carbons (Fsp3) is 1.00. The maximum absolute atomic E-state index is 9.09. The van der Waals surface area contributed by atoms with E-state index >= 15 is 0 Å². The normalized spacial score (nSPS) is 25.5. The summed E-state index contributed by atoms with van der Waals surface area (Å²) in [6.45, 7) is 6.62. The molecule has 0 radical (unpaired) electrons. The molecule has 1 rings (SSSR count). The van der Waals surface area contributed by atoms with Crippen LogP contribution in [0.2, 0.25) is 0 Å². The average Bonchev–Trinajstić information content (AvgIpc) is 2.37. The van der Waals surface area contributed by atoms with Crippen LogP contribution in [0.4, 0.5) is 0 Å². The lowest BCUT2D eigenvalue weighted by Gasteiger charge is -2.38. The van der Waals surface area contributed by atoms with Gasteiger partial charge in [-0.1, -0.05) is 19.8 Å². The molecule has 4 heteroatoms. The molecule has 1 aliphatic rings. The first-order valence-electron chi connectivity index (χ1n) is 7.47. The van der Waals surface area contributed by atoms with Crippen LogP contribution >= 0.6 is 0 Å². The van der Waals surface area contributed by atoms with Crippen molar-refractivity contribution in [3.63, 3.8) is 0 Å². The second kappa shape index (κ2) is 9.73. The van der Waals surface area contributed by atoms with E-state index in [2.05, 4.69) is 17.1 Å². The van der Waals surface area contributed by atoms with E-state index in [1.165, 1.54) is 25.7 Å². The van der Waals surface area contributed by atoms with Gasteiger partial charge in [0.15, 0.2) is 0 Å². The molecule has 1 aliphatic heterocycles. The van der Waals surface area contributed by atoms with Crippen LogP contribution in [0.5, 0.6) is 0 Å². The van der Waals surface area contributed by atoms with E-state index in [4.69, 9.17) is 10.2 Å². The van der Waals surface area contributed by atoms with Crippen LogP contribution in [0.25, 0.3) is 0 Å². The van der Waals surface area contributed by atoms with Crippen LogP contribution in [0.15, 0.2) is 0 Å². The quantitative estimate of drug-likeness (QED) is 0.536. The van der Waals surface area contributed by atoms with E-state index in [0.29, 0.717) is 6.04 Å². The molecule has 0 bridgehead atoms. The summed E-state index contributed by atoms with van der Waals surface area (Å²) < 4.78 is 0. The SMILES string of the molecule is CCCCC1CC(NCCCO)CN(CCO)C1. The Bertz CT molecular complexity index is 202. The monoisotopic (exact) mass is 258 g/mol. The molecule has 3 N–H and O–H groups in total. The molecule has 18 heavy (non-hydrogen) atoms. The summed E-state index contributed by atoms with van der Waals surface area (Å²) in [4.78, 5) is 2.38. The zero-order chi connectivity index (χ0) is 13.2. The van der Waals surface area contributed by atoms with Crippen molar-refractivity contribution >= 4 is 0 Å². The summed E-state index contributed by atoms with van der Waals surface area (Å²) in [5.41, 5.74) is 0. The zero-order valence-electron chi connectivity index (χ0n) is 11.8. The Morgan fingerprint density at radius 3 is 2.67 bits per heavy atom. The Hall–Kier alpha value is -0.160. The smallest absolute Gasteiger partial charge is 0.0558 e. The molecule has 2 atom stereocenters. The molecule has 0 aromatic rings. The third-order valence-electron chi connectivity index (χ3n) is 3.76. The number of rotatable bonds is 9. The summed E-state index contributed by atoms with van der Waals surface area (Å²) in [5.74, 6) is 0.761. The summed E-state index contributed by atoms with van der Waals surface area (Å²) in [7, 11) is 0. The molecule has 0 spiro atoms. The van der Waals surface area contributed by atoms with Gasteiger partial charge in [-0.15, -0.1) is 0 Å². The fourth-order valence-corrected chi connectivity index (χ4v) is 2.86. The molecule has 108 valence electrons. The molecule has 0 aliphatic carbocycles. The van der Waals surface area contributed by atoms with Crippen molar-refractivity contribution in [2.45, 2.75) is 45.1 Å². The zero-order valence-corrected chi connectivity index (χ0v) is 11.8. The van der Waals surface area contributed by atoms with Gasteiger partial charge in [0.1, 0.15) is 0 Å². The van der Waals surface area contributed by atoms with E-state index in [9.17, 15) is 0 Å². The highest BCUT2D eigenvalue weighted by molar-refractivity contribution is 4.83. The Morgan fingerprint density at radius 2 is 2.00 bits per heavy atom. The van der Waals surface area contributed by atoms with Crippen molar-refractivity contribution in [1.82, 2.24) is 10.2 Å². The molecule has 1 fully saturated rings. The van der Waals surface area contributed by atoms with Gasteiger partial charge in [-0.05, 0) is 31.7 Å². The van der Waals surface area contributed by atoms with Gasteiger partial charge in [0.25, 0.3) is 0 Å². The van der Waals surface area contributed by atoms with Crippen LogP contribution in [0.3, 0.4) is 0 Å². The molecule has 1 heterocycles. The number of aliphatic hydroxyl groups is 2. The highest BCUT2D eigenvalue weighted by Crippen LogP contribution is 2.21. The predicted molar refractivity (Wildman–Crippen MR) is 74.7 cm³/mol. The van der Waals surface area contributed by atoms with Gasteiger partial charge in [-0.25, -0.2) is 0 Å². The van der Waals surface area contributed by atoms with Crippen LogP contribution in [-0.4, -0.2) is 60.5 Å². The van der Waals surface area contributed by atoms with E-state index in [0.717, 1.165) is 38.5 Å². The lowest BCUT2D eigenvalue weighted by molar-refractivity contribution is 0.110. The predicted octanol–water partition coefficient (Wildman–Crippen LogP) is 0.831. The first-order valence-corrected chi connectivity index (χ1v) is 7.47. The van der Waals surface area contributed by atoms with Crippen molar-refractivity contribution < 1.29 is 10.2 Å². The van der Waals surface area contributed by atoms with Gasteiger partial charge in [0.2, 0.25) is 0 Å². The molecule has 4 nitrogen and oxygen atoms in total. The van der Waals surface area contributed by atoms with Crippen molar-refractivity contribution in [3.8, 4) is 0 Å². The van der Waals surface area contributed by atoms with Gasteiger partial charge in [-0.3, -0.25) is 4.90 Å². The number of piperidine rings is 1. The Balaban J connectivity index is 2.35. The Kier molecular flexibility index (Phi) is 8.59. The van der Waals surface area contributed by atoms with Gasteiger partial charge < -0.3 is 15.5 Å². The maximum Gasteiger partial charge on any atom is 0.0558 e. The molecule has 0 aromatic carbocycles. The molecule has 0 aromatic heterocycles. The number of nitrogens with zero attached hydrogens (tertiary/aromatic N) is 1. The van der Waals surface area contributed by atoms with Crippen molar-refractivity contribution in [1.29, 1.82) is 0 Å². The van der Waals surface area contributed by atoms with Gasteiger partial charge in [0, 0.05) is 32.3 Å². The molecule has 1 saturated heterocycles. The molecule has 0 amide bonds. The fourth-order valence-electron chi connectivity index (χ4n) is 2.86. The Morgan fingerprint density at radius 1 is 1.17 bits per heavy atom. The number of hydrogen-bond donors (Lipinski definition) is 3. The maximum atomic E-state index is 9.09. The summed E-state index contributed by atoms with van der Waals surface area (Å²) in [6, 6.07) is 0.527. The topological polar surface area (TPSA) is 55.7 Å². The van der Waals surface area contributed by atoms with Crippen LogP contribution in [0.1, 0.15) is 39.0 Å². The average molecular weight is 258 g/mol. The van der Waals surface area contributed by atoms with Crippen LogP contribution < -0.4 is 5.32 Å². The lowest BCUT2D eigenvalue weighted by Crippen LogP contribution is -2.50. The molecule has 2 unspecified atom stereocenters. The van der Waals surface area contributed by atoms with Crippen LogP contribution in [0, 0.1) is 5.92 Å². The van der Waals surface area contributed by atoms with Crippen molar-refractivity contribution in [2.75, 3.05) is 39.4 Å². The first-order chi connectivity index (χ1) is 8.80. The number of likely N-dealkylation sites (tertiary alicyclic amines) is 1. The minimum Gasteiger partial charge on any atom is -0.396 e. The third-order valence-corrected chi connectivity index (χ3v) is 3.76. The molecule has 0 saturated carbocycles. The standard InChI is InChI=1S/C14H30N2O2/c1-2-3-5-13-10-14(15-6-4-8-17)12-16(11-13)7-9-18/h13-15,17-18H,2-12H2,1H3. The minimum atomic E-state index is 0.254. The van der Waals surface area contributed by atoms with Gasteiger partial charge >= 0.3 is 0 Å². The van der Waals surface area contributed by atoms with Gasteiger partial charge in [0.05, 0.1) is 6.61 Å². The van der Waals surface area contributed by atoms with E-state index in [1.54, 1.807) is 0 Å². The van der Waals surface area contributed by atoms with Crippen LogP contribution in [-0.2, 0) is 0 Å². The van der Waals surface area contributed by atoms with E-state index in [1.807, 2.05) is 0 Å². The second-order valence-electron chi connectivity index (χ2n) is 5.46. The van der Waals surface area contributed by atoms with Gasteiger partial charge in [-0.2, -0.15) is 0 Å².